The van der Waals surface area contributed by atoms with E-state index in [9.17, 15) is 9.59 Å². The highest BCUT2D eigenvalue weighted by Crippen LogP contribution is 2.34. The highest BCUT2D eigenvalue weighted by atomic mass is 16.4. The van der Waals surface area contributed by atoms with E-state index in [0.29, 0.717) is 12.1 Å². The highest BCUT2D eigenvalue weighted by molar-refractivity contribution is 5.95. The Morgan fingerprint density at radius 3 is 2.20 bits per heavy atom. The van der Waals surface area contributed by atoms with E-state index in [4.69, 9.17) is 5.11 Å². The van der Waals surface area contributed by atoms with Crippen LogP contribution >= 0.6 is 0 Å². The molecule has 1 aromatic carbocycles. The van der Waals surface area contributed by atoms with Gasteiger partial charge in [-0.2, -0.15) is 0 Å². The van der Waals surface area contributed by atoms with E-state index < -0.39 is 5.97 Å². The number of hydrogen-bond donors (Lipinski definition) is 2. The molecule has 0 bridgehead atoms. The molecule has 20 heavy (non-hydrogen) atoms. The van der Waals surface area contributed by atoms with E-state index in [1.165, 1.54) is 31.4 Å². The maximum absolute atomic E-state index is 12.1. The van der Waals surface area contributed by atoms with Crippen LogP contribution in [0.2, 0.25) is 0 Å². The van der Waals surface area contributed by atoms with Crippen LogP contribution < -0.4 is 5.32 Å². The summed E-state index contributed by atoms with van der Waals surface area (Å²) in [6.45, 7) is 2.91. The zero-order valence-electron chi connectivity index (χ0n) is 11.8. The predicted octanol–water partition coefficient (Wildman–Crippen LogP) is 3.09. The van der Waals surface area contributed by atoms with Crippen LogP contribution in [0.25, 0.3) is 0 Å². The molecule has 0 aromatic heterocycles. The summed E-state index contributed by atoms with van der Waals surface area (Å²) in [5.41, 5.74) is 0.907. The van der Waals surface area contributed by atoms with Crippen molar-refractivity contribution in [2.45, 2.75) is 39.0 Å². The minimum Gasteiger partial charge on any atom is -0.478 e. The first-order valence-electron chi connectivity index (χ1n) is 7.12. The van der Waals surface area contributed by atoms with Crippen LogP contribution in [-0.2, 0) is 0 Å². The third-order valence-corrected chi connectivity index (χ3v) is 4.13. The summed E-state index contributed by atoms with van der Waals surface area (Å²) < 4.78 is 0. The molecule has 1 amide bonds. The molecule has 2 N–H and O–H groups in total. The number of carboxylic acids is 1. The van der Waals surface area contributed by atoms with Crippen LogP contribution in [0, 0.1) is 5.41 Å². The number of aromatic carboxylic acids is 1. The summed E-state index contributed by atoms with van der Waals surface area (Å²) in [6.07, 6.45) is 6.08. The lowest BCUT2D eigenvalue weighted by molar-refractivity contribution is 0.0696. The molecule has 1 saturated carbocycles. The second-order valence-corrected chi connectivity index (χ2v) is 5.94. The van der Waals surface area contributed by atoms with Crippen molar-refractivity contribution in [3.8, 4) is 0 Å². The van der Waals surface area contributed by atoms with Crippen LogP contribution in [-0.4, -0.2) is 23.5 Å². The molecule has 2 rings (SSSR count). The van der Waals surface area contributed by atoms with Crippen LogP contribution in [0.4, 0.5) is 0 Å². The number of carboxylic acid groups (broad SMARTS) is 1. The molecule has 4 heteroatoms. The van der Waals surface area contributed by atoms with Gasteiger partial charge in [0.2, 0.25) is 0 Å². The van der Waals surface area contributed by atoms with Gasteiger partial charge in [0, 0.05) is 12.1 Å². The summed E-state index contributed by atoms with van der Waals surface area (Å²) >= 11 is 0. The SMILES string of the molecule is CC1(CNC(=O)c2ccc(C(=O)O)cc2)CCCCC1. The van der Waals surface area contributed by atoms with Crippen molar-refractivity contribution in [3.05, 3.63) is 35.4 Å². The van der Waals surface area contributed by atoms with Gasteiger partial charge < -0.3 is 10.4 Å². The number of rotatable bonds is 4. The minimum atomic E-state index is -0.980. The molecule has 0 atom stereocenters. The standard InChI is InChI=1S/C16H21NO3/c1-16(9-3-2-4-10-16)11-17-14(18)12-5-7-13(8-6-12)15(19)20/h5-8H,2-4,9-11H2,1H3,(H,17,18)(H,19,20). The van der Waals surface area contributed by atoms with Gasteiger partial charge in [0.15, 0.2) is 0 Å². The van der Waals surface area contributed by atoms with E-state index in [2.05, 4.69) is 12.2 Å². The van der Waals surface area contributed by atoms with Gasteiger partial charge in [-0.05, 0) is 42.5 Å². The third kappa shape index (κ3) is 3.59. The van der Waals surface area contributed by atoms with Crippen molar-refractivity contribution in [1.29, 1.82) is 0 Å². The second kappa shape index (κ2) is 6.07. The second-order valence-electron chi connectivity index (χ2n) is 5.94. The number of hydrogen-bond acceptors (Lipinski definition) is 2. The first-order valence-corrected chi connectivity index (χ1v) is 7.12. The van der Waals surface area contributed by atoms with Crippen LogP contribution in [0.3, 0.4) is 0 Å². The van der Waals surface area contributed by atoms with Crippen molar-refractivity contribution < 1.29 is 14.7 Å². The van der Waals surface area contributed by atoms with E-state index >= 15 is 0 Å². The Balaban J connectivity index is 1.92. The van der Waals surface area contributed by atoms with Gasteiger partial charge in [0.1, 0.15) is 0 Å². The van der Waals surface area contributed by atoms with E-state index in [1.54, 1.807) is 12.1 Å². The van der Waals surface area contributed by atoms with Gasteiger partial charge in [-0.25, -0.2) is 4.79 Å². The Bertz CT molecular complexity index is 487. The summed E-state index contributed by atoms with van der Waals surface area (Å²) in [7, 11) is 0. The molecule has 0 saturated heterocycles. The summed E-state index contributed by atoms with van der Waals surface area (Å²) in [5.74, 6) is -1.11. The Kier molecular flexibility index (Phi) is 4.42. The normalized spacial score (nSPS) is 17.4. The van der Waals surface area contributed by atoms with Crippen molar-refractivity contribution in [2.24, 2.45) is 5.41 Å². The molecular formula is C16H21NO3. The maximum Gasteiger partial charge on any atom is 0.335 e. The van der Waals surface area contributed by atoms with Crippen molar-refractivity contribution in [1.82, 2.24) is 5.32 Å². The Morgan fingerprint density at radius 1 is 1.10 bits per heavy atom. The molecule has 1 aromatic rings. The maximum atomic E-state index is 12.1. The molecule has 0 radical (unpaired) electrons. The summed E-state index contributed by atoms with van der Waals surface area (Å²) in [5, 5.41) is 11.8. The predicted molar refractivity (Wildman–Crippen MR) is 76.9 cm³/mol. The van der Waals surface area contributed by atoms with Crippen LogP contribution in [0.5, 0.6) is 0 Å². The number of carbonyl (C=O) groups excluding carboxylic acids is 1. The molecule has 0 spiro atoms. The molecule has 4 nitrogen and oxygen atoms in total. The fourth-order valence-electron chi connectivity index (χ4n) is 2.74. The van der Waals surface area contributed by atoms with Crippen molar-refractivity contribution in [2.75, 3.05) is 6.54 Å². The van der Waals surface area contributed by atoms with Crippen molar-refractivity contribution >= 4 is 11.9 Å². The van der Waals surface area contributed by atoms with Gasteiger partial charge >= 0.3 is 5.97 Å². The molecule has 0 unspecified atom stereocenters. The largest absolute Gasteiger partial charge is 0.478 e. The molecule has 0 heterocycles. The topological polar surface area (TPSA) is 66.4 Å². The quantitative estimate of drug-likeness (QED) is 0.887. The summed E-state index contributed by atoms with van der Waals surface area (Å²) in [4.78, 5) is 22.8. The van der Waals surface area contributed by atoms with Gasteiger partial charge in [-0.15, -0.1) is 0 Å². The zero-order chi connectivity index (χ0) is 14.6. The number of amides is 1. The molecule has 1 aliphatic carbocycles. The van der Waals surface area contributed by atoms with Gasteiger partial charge in [-0.3, -0.25) is 4.79 Å². The number of nitrogens with one attached hydrogen (secondary N) is 1. The first kappa shape index (κ1) is 14.6. The van der Waals surface area contributed by atoms with Gasteiger partial charge in [0.25, 0.3) is 5.91 Å². The third-order valence-electron chi connectivity index (χ3n) is 4.13. The Morgan fingerprint density at radius 2 is 1.65 bits per heavy atom. The monoisotopic (exact) mass is 275 g/mol. The fourth-order valence-corrected chi connectivity index (χ4v) is 2.74. The van der Waals surface area contributed by atoms with E-state index in [1.807, 2.05) is 0 Å². The smallest absolute Gasteiger partial charge is 0.335 e. The average Bonchev–Trinajstić information content (AvgIpc) is 2.46. The van der Waals surface area contributed by atoms with E-state index in [0.717, 1.165) is 12.8 Å². The lowest BCUT2D eigenvalue weighted by Crippen LogP contribution is -2.37. The fraction of sp³-hybridized carbons (Fsp3) is 0.500. The molecule has 1 aliphatic rings. The van der Waals surface area contributed by atoms with Gasteiger partial charge in [-0.1, -0.05) is 26.2 Å². The Hall–Kier alpha value is -1.84. The molecule has 0 aliphatic heterocycles. The van der Waals surface area contributed by atoms with Crippen LogP contribution in [0.1, 0.15) is 59.7 Å². The highest BCUT2D eigenvalue weighted by Gasteiger charge is 2.27. The number of benzene rings is 1. The first-order chi connectivity index (χ1) is 9.50. The minimum absolute atomic E-state index is 0.131. The molecule has 108 valence electrons. The average molecular weight is 275 g/mol. The van der Waals surface area contributed by atoms with Crippen LogP contribution in [0.15, 0.2) is 24.3 Å². The summed E-state index contributed by atoms with van der Waals surface area (Å²) in [6, 6.07) is 6.03. The van der Waals surface area contributed by atoms with E-state index in [-0.39, 0.29) is 16.9 Å². The van der Waals surface area contributed by atoms with Gasteiger partial charge in [0.05, 0.1) is 5.56 Å². The lowest BCUT2D eigenvalue weighted by Gasteiger charge is -2.33. The lowest BCUT2D eigenvalue weighted by atomic mass is 9.76. The Labute approximate surface area is 119 Å². The zero-order valence-corrected chi connectivity index (χ0v) is 11.8. The van der Waals surface area contributed by atoms with Crippen molar-refractivity contribution in [3.63, 3.8) is 0 Å². The number of carbonyl (C=O) groups is 2. The molecule has 1 fully saturated rings. The molecular weight excluding hydrogens is 254 g/mol.